The first-order chi connectivity index (χ1) is 10.6. The molecule has 0 saturated heterocycles. The van der Waals surface area contributed by atoms with Gasteiger partial charge in [-0.05, 0) is 36.3 Å². The van der Waals surface area contributed by atoms with Gasteiger partial charge in [-0.1, -0.05) is 30.3 Å². The largest absolute Gasteiger partial charge is 0.481 e. The second kappa shape index (κ2) is 7.75. The third-order valence-corrected chi connectivity index (χ3v) is 4.33. The highest BCUT2D eigenvalue weighted by molar-refractivity contribution is 7.08. The molecule has 0 saturated carbocycles. The summed E-state index contributed by atoms with van der Waals surface area (Å²) in [7, 11) is 0. The number of benzene rings is 1. The SMILES string of the molecule is Cc1cscc1C(=O)NC(CCC(=O)O)Cc1ccccc1. The third-order valence-electron chi connectivity index (χ3n) is 3.47. The summed E-state index contributed by atoms with van der Waals surface area (Å²) in [5.41, 5.74) is 2.69. The number of hydrogen-bond acceptors (Lipinski definition) is 3. The lowest BCUT2D eigenvalue weighted by atomic mass is 10.0. The number of amides is 1. The van der Waals surface area contributed by atoms with E-state index < -0.39 is 5.97 Å². The average Bonchev–Trinajstić information content (AvgIpc) is 2.92. The van der Waals surface area contributed by atoms with Crippen LogP contribution in [-0.2, 0) is 11.2 Å². The highest BCUT2D eigenvalue weighted by Crippen LogP contribution is 2.15. The molecule has 1 aromatic carbocycles. The molecular weight excluding hydrogens is 298 g/mol. The van der Waals surface area contributed by atoms with Gasteiger partial charge in [0.2, 0.25) is 0 Å². The summed E-state index contributed by atoms with van der Waals surface area (Å²) in [6.07, 6.45) is 1.09. The zero-order valence-electron chi connectivity index (χ0n) is 12.4. The molecule has 1 unspecified atom stereocenters. The van der Waals surface area contributed by atoms with Gasteiger partial charge in [-0.15, -0.1) is 0 Å². The Morgan fingerprint density at radius 1 is 1.23 bits per heavy atom. The van der Waals surface area contributed by atoms with Gasteiger partial charge in [0.15, 0.2) is 0 Å². The predicted octanol–water partition coefficient (Wildman–Crippen LogP) is 3.26. The Morgan fingerprint density at radius 2 is 1.95 bits per heavy atom. The van der Waals surface area contributed by atoms with Crippen molar-refractivity contribution in [2.24, 2.45) is 0 Å². The molecule has 0 aliphatic rings. The number of thiophene rings is 1. The summed E-state index contributed by atoms with van der Waals surface area (Å²) in [4.78, 5) is 23.1. The topological polar surface area (TPSA) is 66.4 Å². The van der Waals surface area contributed by atoms with Crippen molar-refractivity contribution in [1.29, 1.82) is 0 Å². The summed E-state index contributed by atoms with van der Waals surface area (Å²) in [5, 5.41) is 15.6. The third kappa shape index (κ3) is 4.70. The number of carboxylic acids is 1. The number of aliphatic carboxylic acids is 1. The van der Waals surface area contributed by atoms with Crippen LogP contribution < -0.4 is 5.32 Å². The molecule has 2 rings (SSSR count). The van der Waals surface area contributed by atoms with Gasteiger partial charge >= 0.3 is 5.97 Å². The molecule has 1 amide bonds. The highest BCUT2D eigenvalue weighted by atomic mass is 32.1. The van der Waals surface area contributed by atoms with Crippen molar-refractivity contribution in [3.8, 4) is 0 Å². The van der Waals surface area contributed by atoms with E-state index in [1.807, 2.05) is 48.0 Å². The molecule has 22 heavy (non-hydrogen) atoms. The fourth-order valence-electron chi connectivity index (χ4n) is 2.28. The smallest absolute Gasteiger partial charge is 0.303 e. The fourth-order valence-corrected chi connectivity index (χ4v) is 3.11. The Bertz CT molecular complexity index is 636. The Balaban J connectivity index is 2.05. The van der Waals surface area contributed by atoms with Crippen LogP contribution in [-0.4, -0.2) is 23.0 Å². The lowest BCUT2D eigenvalue weighted by Crippen LogP contribution is -2.37. The van der Waals surface area contributed by atoms with E-state index in [0.717, 1.165) is 11.1 Å². The van der Waals surface area contributed by atoms with E-state index in [0.29, 0.717) is 18.4 Å². The molecular formula is C17H19NO3S. The maximum absolute atomic E-state index is 12.3. The van der Waals surface area contributed by atoms with Crippen molar-refractivity contribution >= 4 is 23.2 Å². The van der Waals surface area contributed by atoms with Gasteiger partial charge in [-0.25, -0.2) is 0 Å². The molecule has 0 bridgehead atoms. The minimum atomic E-state index is -0.848. The maximum Gasteiger partial charge on any atom is 0.303 e. The number of aryl methyl sites for hydroxylation is 1. The Hall–Kier alpha value is -2.14. The zero-order chi connectivity index (χ0) is 15.9. The molecule has 0 radical (unpaired) electrons. The van der Waals surface area contributed by atoms with E-state index >= 15 is 0 Å². The molecule has 0 aliphatic heterocycles. The van der Waals surface area contributed by atoms with Crippen molar-refractivity contribution < 1.29 is 14.7 Å². The van der Waals surface area contributed by atoms with Crippen LogP contribution in [0.1, 0.15) is 34.3 Å². The van der Waals surface area contributed by atoms with Crippen molar-refractivity contribution in [3.05, 3.63) is 57.8 Å². The molecule has 0 fully saturated rings. The van der Waals surface area contributed by atoms with Crippen LogP contribution in [0.3, 0.4) is 0 Å². The first-order valence-electron chi connectivity index (χ1n) is 7.15. The summed E-state index contributed by atoms with van der Waals surface area (Å²) in [6.45, 7) is 1.90. The van der Waals surface area contributed by atoms with Crippen LogP contribution >= 0.6 is 11.3 Å². The molecule has 2 aromatic rings. The van der Waals surface area contributed by atoms with Gasteiger partial charge in [-0.2, -0.15) is 11.3 Å². The summed E-state index contributed by atoms with van der Waals surface area (Å²) >= 11 is 1.49. The minimum absolute atomic E-state index is 0.0421. The van der Waals surface area contributed by atoms with Crippen LogP contribution in [0.2, 0.25) is 0 Å². The Labute approximate surface area is 133 Å². The molecule has 0 spiro atoms. The molecule has 116 valence electrons. The molecule has 1 heterocycles. The van der Waals surface area contributed by atoms with Crippen LogP contribution in [0.25, 0.3) is 0 Å². The zero-order valence-corrected chi connectivity index (χ0v) is 13.2. The quantitative estimate of drug-likeness (QED) is 0.823. The van der Waals surface area contributed by atoms with E-state index in [2.05, 4.69) is 5.32 Å². The Morgan fingerprint density at radius 3 is 2.55 bits per heavy atom. The van der Waals surface area contributed by atoms with E-state index in [-0.39, 0.29) is 18.4 Å². The normalized spacial score (nSPS) is 11.9. The average molecular weight is 317 g/mol. The standard InChI is InChI=1S/C17H19NO3S/c1-12-10-22-11-15(12)17(21)18-14(7-8-16(19)20)9-13-5-3-2-4-6-13/h2-6,10-11,14H,7-9H2,1H3,(H,18,21)(H,19,20). The fraction of sp³-hybridized carbons (Fsp3) is 0.294. The molecule has 2 N–H and O–H groups in total. The number of carboxylic acid groups (broad SMARTS) is 1. The van der Waals surface area contributed by atoms with Gasteiger partial charge in [0, 0.05) is 17.8 Å². The Kier molecular flexibility index (Phi) is 5.72. The van der Waals surface area contributed by atoms with E-state index in [4.69, 9.17) is 5.11 Å². The van der Waals surface area contributed by atoms with Gasteiger partial charge < -0.3 is 10.4 Å². The van der Waals surface area contributed by atoms with E-state index in [1.54, 1.807) is 0 Å². The second-order valence-electron chi connectivity index (χ2n) is 5.26. The van der Waals surface area contributed by atoms with E-state index in [9.17, 15) is 9.59 Å². The number of hydrogen-bond donors (Lipinski definition) is 2. The molecule has 1 atom stereocenters. The van der Waals surface area contributed by atoms with Crippen LogP contribution in [0.5, 0.6) is 0 Å². The molecule has 5 heteroatoms. The second-order valence-corrected chi connectivity index (χ2v) is 6.00. The van der Waals surface area contributed by atoms with Crippen molar-refractivity contribution in [2.75, 3.05) is 0 Å². The maximum atomic E-state index is 12.3. The lowest BCUT2D eigenvalue weighted by Gasteiger charge is -2.18. The minimum Gasteiger partial charge on any atom is -0.481 e. The van der Waals surface area contributed by atoms with Gasteiger partial charge in [0.05, 0.1) is 5.56 Å². The van der Waals surface area contributed by atoms with Gasteiger partial charge in [0.25, 0.3) is 5.91 Å². The van der Waals surface area contributed by atoms with Crippen LogP contribution in [0.15, 0.2) is 41.1 Å². The number of rotatable bonds is 7. The van der Waals surface area contributed by atoms with Crippen molar-refractivity contribution in [2.45, 2.75) is 32.2 Å². The first-order valence-corrected chi connectivity index (χ1v) is 8.10. The number of carbonyl (C=O) groups is 2. The lowest BCUT2D eigenvalue weighted by molar-refractivity contribution is -0.137. The van der Waals surface area contributed by atoms with Crippen LogP contribution in [0, 0.1) is 6.92 Å². The number of nitrogens with one attached hydrogen (secondary N) is 1. The predicted molar refractivity (Wildman–Crippen MR) is 87.3 cm³/mol. The first kappa shape index (κ1) is 16.2. The summed E-state index contributed by atoms with van der Waals surface area (Å²) in [6, 6.07) is 9.59. The summed E-state index contributed by atoms with van der Waals surface area (Å²) < 4.78 is 0. The molecule has 4 nitrogen and oxygen atoms in total. The van der Waals surface area contributed by atoms with Crippen LogP contribution in [0.4, 0.5) is 0 Å². The summed E-state index contributed by atoms with van der Waals surface area (Å²) in [5.74, 6) is -0.982. The van der Waals surface area contributed by atoms with Crippen molar-refractivity contribution in [3.63, 3.8) is 0 Å². The van der Waals surface area contributed by atoms with E-state index in [1.165, 1.54) is 11.3 Å². The van der Waals surface area contributed by atoms with Gasteiger partial charge in [-0.3, -0.25) is 9.59 Å². The van der Waals surface area contributed by atoms with Crippen molar-refractivity contribution in [1.82, 2.24) is 5.32 Å². The number of carbonyl (C=O) groups excluding carboxylic acids is 1. The molecule has 1 aromatic heterocycles. The highest BCUT2D eigenvalue weighted by Gasteiger charge is 2.17. The molecule has 0 aliphatic carbocycles. The van der Waals surface area contributed by atoms with Gasteiger partial charge in [0.1, 0.15) is 0 Å². The monoisotopic (exact) mass is 317 g/mol.